The van der Waals surface area contributed by atoms with E-state index < -0.39 is 0 Å². The van der Waals surface area contributed by atoms with Crippen molar-refractivity contribution >= 4 is 11.8 Å². The molecule has 2 fully saturated rings. The molecule has 2 rings (SSSR count). The minimum absolute atomic E-state index is 0.0186. The monoisotopic (exact) mass is 264 g/mol. The first kappa shape index (κ1) is 14.3. The van der Waals surface area contributed by atoms with Gasteiger partial charge in [0.2, 0.25) is 11.8 Å². The second-order valence-corrected chi connectivity index (χ2v) is 6.34. The highest BCUT2D eigenvalue weighted by Crippen LogP contribution is 2.42. The van der Waals surface area contributed by atoms with Crippen LogP contribution in [0.3, 0.4) is 0 Å². The zero-order chi connectivity index (χ0) is 14.2. The summed E-state index contributed by atoms with van der Waals surface area (Å²) in [6, 6.07) is 0.377. The summed E-state index contributed by atoms with van der Waals surface area (Å²) < 4.78 is 0. The summed E-state index contributed by atoms with van der Waals surface area (Å²) >= 11 is 0. The van der Waals surface area contributed by atoms with Gasteiger partial charge in [-0.1, -0.05) is 27.4 Å². The smallest absolute Gasteiger partial charge is 0.233 e. The highest BCUT2D eigenvalue weighted by atomic mass is 16.2. The van der Waals surface area contributed by atoms with Crippen LogP contribution < -0.4 is 5.32 Å². The molecule has 0 radical (unpaired) electrons. The van der Waals surface area contributed by atoms with Crippen LogP contribution in [0.15, 0.2) is 12.2 Å². The molecule has 1 saturated heterocycles. The zero-order valence-electron chi connectivity index (χ0n) is 12.1. The van der Waals surface area contributed by atoms with E-state index in [0.717, 1.165) is 18.4 Å². The first-order chi connectivity index (χ1) is 8.90. The van der Waals surface area contributed by atoms with Crippen molar-refractivity contribution < 1.29 is 9.59 Å². The van der Waals surface area contributed by atoms with E-state index in [2.05, 4.69) is 32.7 Å². The first-order valence-electron chi connectivity index (χ1n) is 7.15. The molecule has 4 nitrogen and oxygen atoms in total. The van der Waals surface area contributed by atoms with E-state index in [0.29, 0.717) is 25.0 Å². The predicted molar refractivity (Wildman–Crippen MR) is 74.4 cm³/mol. The quantitative estimate of drug-likeness (QED) is 0.606. The molecule has 2 aliphatic rings. The van der Waals surface area contributed by atoms with Gasteiger partial charge >= 0.3 is 0 Å². The van der Waals surface area contributed by atoms with Crippen molar-refractivity contribution in [1.29, 1.82) is 0 Å². The highest BCUT2D eigenvalue weighted by molar-refractivity contribution is 6.05. The Kier molecular flexibility index (Phi) is 4.09. The molecule has 4 heteroatoms. The fraction of sp³-hybridized carbons (Fsp3) is 0.733. The van der Waals surface area contributed by atoms with E-state index in [1.807, 2.05) is 0 Å². The minimum Gasteiger partial charge on any atom is -0.311 e. The van der Waals surface area contributed by atoms with Crippen LogP contribution in [0.5, 0.6) is 0 Å². The van der Waals surface area contributed by atoms with Gasteiger partial charge in [-0.25, -0.2) is 0 Å². The number of nitrogens with one attached hydrogen (secondary N) is 1. The Morgan fingerprint density at radius 1 is 1.32 bits per heavy atom. The second kappa shape index (κ2) is 5.45. The summed E-state index contributed by atoms with van der Waals surface area (Å²) in [5.41, 5.74) is 0.892. The molecule has 0 aromatic rings. The van der Waals surface area contributed by atoms with Crippen LogP contribution in [0.1, 0.15) is 33.6 Å². The van der Waals surface area contributed by atoms with Crippen molar-refractivity contribution in [2.24, 2.45) is 17.8 Å². The number of nitrogens with zero attached hydrogens (tertiary/aromatic N) is 1. The lowest BCUT2D eigenvalue weighted by atomic mass is 10.00. The first-order valence-corrected chi connectivity index (χ1v) is 7.15. The van der Waals surface area contributed by atoms with Crippen LogP contribution in [-0.2, 0) is 9.59 Å². The summed E-state index contributed by atoms with van der Waals surface area (Å²) in [6.45, 7) is 11.2. The molecule has 1 heterocycles. The molecule has 0 aromatic heterocycles. The van der Waals surface area contributed by atoms with Gasteiger partial charge in [0.15, 0.2) is 0 Å². The van der Waals surface area contributed by atoms with Crippen LogP contribution in [0.25, 0.3) is 0 Å². The topological polar surface area (TPSA) is 49.4 Å². The molecule has 0 bridgehead atoms. The number of hydrogen-bond donors (Lipinski definition) is 1. The van der Waals surface area contributed by atoms with E-state index in [9.17, 15) is 9.59 Å². The zero-order valence-corrected chi connectivity index (χ0v) is 12.1. The van der Waals surface area contributed by atoms with Crippen molar-refractivity contribution in [3.63, 3.8) is 0 Å². The van der Waals surface area contributed by atoms with Crippen LogP contribution in [-0.4, -0.2) is 35.8 Å². The summed E-state index contributed by atoms with van der Waals surface area (Å²) in [7, 11) is 0. The molecule has 2 atom stereocenters. The Hall–Kier alpha value is -1.16. The molecule has 1 saturated carbocycles. The van der Waals surface area contributed by atoms with E-state index >= 15 is 0 Å². The van der Waals surface area contributed by atoms with Gasteiger partial charge in [0.05, 0.1) is 18.4 Å². The normalized spacial score (nSPS) is 30.3. The maximum atomic E-state index is 12.3. The number of carbonyl (C=O) groups excluding carboxylic acids is 2. The fourth-order valence-corrected chi connectivity index (χ4v) is 3.13. The van der Waals surface area contributed by atoms with E-state index in [1.54, 1.807) is 0 Å². The predicted octanol–water partition coefficient (Wildman–Crippen LogP) is 1.57. The SMILES string of the molecule is C=C(CNC(C)C)CN1C(=O)C2CC(C)CC2C1=O. The molecule has 0 aromatic carbocycles. The summed E-state index contributed by atoms with van der Waals surface area (Å²) in [6.07, 6.45) is 1.73. The number of rotatable bonds is 5. The number of amides is 2. The number of hydrogen-bond acceptors (Lipinski definition) is 3. The van der Waals surface area contributed by atoms with Gasteiger partial charge in [0.1, 0.15) is 0 Å². The van der Waals surface area contributed by atoms with Crippen molar-refractivity contribution in [3.05, 3.63) is 12.2 Å². The average Bonchev–Trinajstić information content (AvgIpc) is 2.81. The van der Waals surface area contributed by atoms with Crippen molar-refractivity contribution in [2.45, 2.75) is 39.7 Å². The van der Waals surface area contributed by atoms with Gasteiger partial charge in [-0.15, -0.1) is 0 Å². The number of likely N-dealkylation sites (tertiary alicyclic amines) is 1. The lowest BCUT2D eigenvalue weighted by Crippen LogP contribution is -2.36. The van der Waals surface area contributed by atoms with Crippen molar-refractivity contribution in [3.8, 4) is 0 Å². The number of imide groups is 1. The van der Waals surface area contributed by atoms with E-state index in [1.165, 1.54) is 4.90 Å². The Labute approximate surface area is 115 Å². The largest absolute Gasteiger partial charge is 0.311 e. The summed E-state index contributed by atoms with van der Waals surface area (Å²) in [5.74, 6) is 0.410. The molecule has 1 aliphatic heterocycles. The lowest BCUT2D eigenvalue weighted by molar-refractivity contribution is -0.140. The van der Waals surface area contributed by atoms with Crippen molar-refractivity contribution in [1.82, 2.24) is 10.2 Å². The van der Waals surface area contributed by atoms with Gasteiger partial charge in [-0.3, -0.25) is 14.5 Å². The molecule has 19 heavy (non-hydrogen) atoms. The van der Waals surface area contributed by atoms with E-state index in [4.69, 9.17) is 0 Å². The van der Waals surface area contributed by atoms with Gasteiger partial charge in [0.25, 0.3) is 0 Å². The van der Waals surface area contributed by atoms with Crippen LogP contribution in [0.4, 0.5) is 0 Å². The Bertz CT molecular complexity index is 379. The average molecular weight is 264 g/mol. The highest BCUT2D eigenvalue weighted by Gasteiger charge is 2.51. The van der Waals surface area contributed by atoms with Gasteiger partial charge in [0, 0.05) is 12.6 Å². The lowest BCUT2D eigenvalue weighted by Gasteiger charge is -2.19. The molecule has 1 N–H and O–H groups in total. The van der Waals surface area contributed by atoms with Crippen LogP contribution in [0.2, 0.25) is 0 Å². The Balaban J connectivity index is 1.94. The minimum atomic E-state index is -0.0617. The van der Waals surface area contributed by atoms with Crippen LogP contribution in [0, 0.1) is 17.8 Å². The molecule has 106 valence electrons. The van der Waals surface area contributed by atoms with E-state index in [-0.39, 0.29) is 23.7 Å². The maximum absolute atomic E-state index is 12.3. The molecule has 0 spiro atoms. The molecular formula is C15H24N2O2. The summed E-state index contributed by atoms with van der Waals surface area (Å²) in [4.78, 5) is 25.9. The standard InChI is InChI=1S/C15H24N2O2/c1-9(2)16-7-11(4)8-17-14(18)12-5-10(3)6-13(12)15(17)19/h9-10,12-13,16H,4-8H2,1-3H3. The van der Waals surface area contributed by atoms with Gasteiger partial charge < -0.3 is 5.32 Å². The summed E-state index contributed by atoms with van der Waals surface area (Å²) in [5, 5.41) is 3.26. The third-order valence-corrected chi connectivity index (χ3v) is 4.11. The molecule has 2 amide bonds. The molecule has 1 aliphatic carbocycles. The van der Waals surface area contributed by atoms with Crippen molar-refractivity contribution in [2.75, 3.05) is 13.1 Å². The third kappa shape index (κ3) is 2.89. The number of fused-ring (bicyclic) bond motifs is 1. The maximum Gasteiger partial charge on any atom is 0.233 e. The Morgan fingerprint density at radius 2 is 1.84 bits per heavy atom. The molecule has 2 unspecified atom stereocenters. The third-order valence-electron chi connectivity index (χ3n) is 4.11. The van der Waals surface area contributed by atoms with Gasteiger partial charge in [-0.2, -0.15) is 0 Å². The van der Waals surface area contributed by atoms with Gasteiger partial charge in [-0.05, 0) is 24.3 Å². The second-order valence-electron chi connectivity index (χ2n) is 6.34. The molecular weight excluding hydrogens is 240 g/mol. The fourth-order valence-electron chi connectivity index (χ4n) is 3.13. The number of carbonyl (C=O) groups is 2. The Morgan fingerprint density at radius 3 is 2.32 bits per heavy atom. The van der Waals surface area contributed by atoms with Crippen LogP contribution >= 0.6 is 0 Å².